The van der Waals surface area contributed by atoms with Gasteiger partial charge in [0.15, 0.2) is 0 Å². The van der Waals surface area contributed by atoms with E-state index >= 15 is 0 Å². The molecular formula is C28H38O4. The molecule has 1 saturated carbocycles. The second-order valence-corrected chi connectivity index (χ2v) is 9.28. The summed E-state index contributed by atoms with van der Waals surface area (Å²) < 4.78 is 5.70. The zero-order valence-corrected chi connectivity index (χ0v) is 19.9. The van der Waals surface area contributed by atoms with E-state index in [0.717, 1.165) is 49.0 Å². The highest BCUT2D eigenvalue weighted by atomic mass is 16.5. The van der Waals surface area contributed by atoms with Gasteiger partial charge in [-0.25, -0.2) is 0 Å². The second-order valence-electron chi connectivity index (χ2n) is 9.28. The predicted octanol–water partition coefficient (Wildman–Crippen LogP) is 5.07. The quantitative estimate of drug-likeness (QED) is 0.484. The van der Waals surface area contributed by atoms with E-state index in [1.54, 1.807) is 0 Å². The molecule has 4 nitrogen and oxygen atoms in total. The van der Waals surface area contributed by atoms with Crippen LogP contribution >= 0.6 is 0 Å². The van der Waals surface area contributed by atoms with Crippen molar-refractivity contribution in [2.45, 2.75) is 76.9 Å². The van der Waals surface area contributed by atoms with Crippen LogP contribution < -0.4 is 4.74 Å². The summed E-state index contributed by atoms with van der Waals surface area (Å²) in [5.74, 6) is 0.730. The lowest BCUT2D eigenvalue weighted by Gasteiger charge is -2.34. The van der Waals surface area contributed by atoms with Gasteiger partial charge in [-0.3, -0.25) is 0 Å². The van der Waals surface area contributed by atoms with Crippen LogP contribution in [0.25, 0.3) is 6.08 Å². The predicted molar refractivity (Wildman–Crippen MR) is 130 cm³/mol. The molecule has 1 atom stereocenters. The molecule has 3 rings (SSSR count). The molecule has 0 heterocycles. The zero-order chi connectivity index (χ0) is 23.4. The van der Waals surface area contributed by atoms with Crippen molar-refractivity contribution in [1.82, 2.24) is 0 Å². The molecule has 0 aliphatic heterocycles. The molecule has 2 aromatic carbocycles. The largest absolute Gasteiger partial charge is 0.491 e. The monoisotopic (exact) mass is 438 g/mol. The first-order valence-electron chi connectivity index (χ1n) is 11.8. The molecule has 3 N–H and O–H groups in total. The highest BCUT2D eigenvalue weighted by molar-refractivity contribution is 5.57. The molecule has 4 heteroatoms. The average molecular weight is 439 g/mol. The van der Waals surface area contributed by atoms with Gasteiger partial charge in [-0.2, -0.15) is 0 Å². The summed E-state index contributed by atoms with van der Waals surface area (Å²) in [7, 11) is 0. The summed E-state index contributed by atoms with van der Waals surface area (Å²) in [4.78, 5) is 0. The van der Waals surface area contributed by atoms with Crippen LogP contribution in [0.4, 0.5) is 0 Å². The topological polar surface area (TPSA) is 69.9 Å². The van der Waals surface area contributed by atoms with Gasteiger partial charge in [0.2, 0.25) is 0 Å². The number of aliphatic hydroxyl groups excluding tert-OH is 2. The number of aryl methyl sites for hydroxylation is 2. The normalized spacial score (nSPS) is 16.7. The molecule has 0 radical (unpaired) electrons. The van der Waals surface area contributed by atoms with E-state index in [1.165, 1.54) is 16.7 Å². The van der Waals surface area contributed by atoms with Gasteiger partial charge < -0.3 is 20.1 Å². The van der Waals surface area contributed by atoms with E-state index in [-0.39, 0.29) is 18.6 Å². The highest BCUT2D eigenvalue weighted by Gasteiger charge is 2.32. The molecule has 0 saturated heterocycles. The van der Waals surface area contributed by atoms with Gasteiger partial charge in [0.1, 0.15) is 18.5 Å². The van der Waals surface area contributed by atoms with E-state index in [9.17, 15) is 10.2 Å². The van der Waals surface area contributed by atoms with Gasteiger partial charge in [0, 0.05) is 5.41 Å². The molecule has 1 fully saturated rings. The molecule has 0 spiro atoms. The molecule has 1 aliphatic rings. The third-order valence-electron chi connectivity index (χ3n) is 7.19. The lowest BCUT2D eigenvalue weighted by Crippen LogP contribution is -2.33. The van der Waals surface area contributed by atoms with Crippen LogP contribution in [0.2, 0.25) is 0 Å². The van der Waals surface area contributed by atoms with Crippen molar-refractivity contribution in [3.8, 4) is 5.75 Å². The first-order chi connectivity index (χ1) is 15.3. The standard InChI is InChI=1S/C28H38O4/c1-5-28(6-2,24-10-11-26(21(4)17-24)32-19-25(30)18-29)23-9-8-22(20(3)16-23)12-15-27(31)13-7-14-27/h8-12,15-17,25,29-31H,5-7,13-14,18-19H2,1-4H3. The summed E-state index contributed by atoms with van der Waals surface area (Å²) in [6.45, 7) is 8.39. The van der Waals surface area contributed by atoms with Gasteiger partial charge in [-0.05, 0) is 79.8 Å². The lowest BCUT2D eigenvalue weighted by molar-refractivity contribution is 0.0150. The SMILES string of the molecule is CCC(CC)(c1ccc(C=CC2(O)CCC2)c(C)c1)c1ccc(OCC(O)CO)c(C)c1. The van der Waals surface area contributed by atoms with Crippen LogP contribution in [-0.2, 0) is 5.41 Å². The lowest BCUT2D eigenvalue weighted by atomic mass is 9.70. The Morgan fingerprint density at radius 3 is 2.16 bits per heavy atom. The van der Waals surface area contributed by atoms with Gasteiger partial charge in [-0.1, -0.05) is 56.3 Å². The Balaban J connectivity index is 1.89. The third kappa shape index (κ3) is 5.09. The van der Waals surface area contributed by atoms with Gasteiger partial charge >= 0.3 is 0 Å². The summed E-state index contributed by atoms with van der Waals surface area (Å²) >= 11 is 0. The fourth-order valence-corrected chi connectivity index (χ4v) is 4.69. The molecule has 32 heavy (non-hydrogen) atoms. The van der Waals surface area contributed by atoms with Gasteiger partial charge in [-0.15, -0.1) is 0 Å². The minimum Gasteiger partial charge on any atom is -0.491 e. The zero-order valence-electron chi connectivity index (χ0n) is 19.9. The van der Waals surface area contributed by atoms with Crippen molar-refractivity contribution in [2.24, 2.45) is 0 Å². The van der Waals surface area contributed by atoms with E-state index in [4.69, 9.17) is 9.84 Å². The van der Waals surface area contributed by atoms with Crippen LogP contribution in [-0.4, -0.2) is 40.2 Å². The number of rotatable bonds is 10. The second kappa shape index (κ2) is 10.2. The van der Waals surface area contributed by atoms with Crippen molar-refractivity contribution in [1.29, 1.82) is 0 Å². The number of aliphatic hydroxyl groups is 3. The van der Waals surface area contributed by atoms with E-state index in [1.807, 2.05) is 19.1 Å². The molecule has 0 bridgehead atoms. The maximum Gasteiger partial charge on any atom is 0.122 e. The Kier molecular flexibility index (Phi) is 7.81. The van der Waals surface area contributed by atoms with Crippen LogP contribution in [0.5, 0.6) is 5.75 Å². The number of ether oxygens (including phenoxy) is 1. The summed E-state index contributed by atoms with van der Waals surface area (Å²) in [6, 6.07) is 13.0. The summed E-state index contributed by atoms with van der Waals surface area (Å²) in [5, 5.41) is 29.0. The third-order valence-corrected chi connectivity index (χ3v) is 7.19. The van der Waals surface area contributed by atoms with Crippen molar-refractivity contribution in [2.75, 3.05) is 13.2 Å². The molecule has 1 aliphatic carbocycles. The van der Waals surface area contributed by atoms with E-state index in [0.29, 0.717) is 0 Å². The van der Waals surface area contributed by atoms with Crippen LogP contribution in [0.15, 0.2) is 42.5 Å². The molecule has 0 aromatic heterocycles. The summed E-state index contributed by atoms with van der Waals surface area (Å²) in [5.41, 5.74) is 5.21. The smallest absolute Gasteiger partial charge is 0.122 e. The van der Waals surface area contributed by atoms with Crippen molar-refractivity contribution < 1.29 is 20.1 Å². The van der Waals surface area contributed by atoms with Crippen LogP contribution in [0.1, 0.15) is 73.8 Å². The molecular weight excluding hydrogens is 400 g/mol. The Morgan fingerprint density at radius 1 is 1.03 bits per heavy atom. The molecule has 0 amide bonds. The minimum atomic E-state index is -0.875. The maximum atomic E-state index is 10.4. The minimum absolute atomic E-state index is 0.0761. The van der Waals surface area contributed by atoms with Crippen molar-refractivity contribution in [3.63, 3.8) is 0 Å². The first-order valence-corrected chi connectivity index (χ1v) is 11.8. The maximum absolute atomic E-state index is 10.4. The first kappa shape index (κ1) is 24.5. The van der Waals surface area contributed by atoms with Crippen molar-refractivity contribution >= 4 is 6.08 Å². The van der Waals surface area contributed by atoms with Gasteiger partial charge in [0.05, 0.1) is 12.2 Å². The Labute approximate surface area is 192 Å². The molecule has 174 valence electrons. The van der Waals surface area contributed by atoms with E-state index < -0.39 is 11.7 Å². The Hall–Kier alpha value is -2.14. The fraction of sp³-hybridized carbons (Fsp3) is 0.500. The average Bonchev–Trinajstić information content (AvgIpc) is 2.77. The number of hydrogen-bond donors (Lipinski definition) is 3. The molecule has 2 aromatic rings. The van der Waals surface area contributed by atoms with Crippen molar-refractivity contribution in [3.05, 3.63) is 70.3 Å². The number of benzene rings is 2. The Morgan fingerprint density at radius 2 is 1.66 bits per heavy atom. The van der Waals surface area contributed by atoms with E-state index in [2.05, 4.69) is 57.2 Å². The molecule has 1 unspecified atom stereocenters. The highest BCUT2D eigenvalue weighted by Crippen LogP contribution is 2.41. The summed E-state index contributed by atoms with van der Waals surface area (Å²) in [6.07, 6.45) is 7.90. The van der Waals surface area contributed by atoms with Crippen LogP contribution in [0, 0.1) is 13.8 Å². The fourth-order valence-electron chi connectivity index (χ4n) is 4.69. The van der Waals surface area contributed by atoms with Gasteiger partial charge in [0.25, 0.3) is 0 Å². The van der Waals surface area contributed by atoms with Crippen LogP contribution in [0.3, 0.4) is 0 Å². The number of hydrogen-bond acceptors (Lipinski definition) is 4. The Bertz CT molecular complexity index is 938.